The Balaban J connectivity index is 1.55. The molecule has 6 N–H and O–H groups in total. The van der Waals surface area contributed by atoms with Crippen LogP contribution >= 0.6 is 0 Å². The van der Waals surface area contributed by atoms with Gasteiger partial charge in [0.15, 0.2) is 0 Å². The average Bonchev–Trinajstić information content (AvgIpc) is 2.86. The summed E-state index contributed by atoms with van der Waals surface area (Å²) < 4.78 is 0. The van der Waals surface area contributed by atoms with Crippen molar-refractivity contribution in [2.45, 2.75) is 26.3 Å². The summed E-state index contributed by atoms with van der Waals surface area (Å²) in [6, 6.07) is 19.2. The second-order valence-corrected chi connectivity index (χ2v) is 8.26. The number of amides is 4. The van der Waals surface area contributed by atoms with Gasteiger partial charge >= 0.3 is 12.0 Å². The van der Waals surface area contributed by atoms with Crippen molar-refractivity contribution in [2.75, 3.05) is 27.8 Å². The van der Waals surface area contributed by atoms with Crippen LogP contribution in [0.5, 0.6) is 0 Å². The van der Waals surface area contributed by atoms with Gasteiger partial charge in [0.2, 0.25) is 12.3 Å². The van der Waals surface area contributed by atoms with E-state index in [9.17, 15) is 19.2 Å². The van der Waals surface area contributed by atoms with Gasteiger partial charge in [-0.25, -0.2) is 4.79 Å². The summed E-state index contributed by atoms with van der Waals surface area (Å²) in [5, 5.41) is 22.8. The first-order valence-electron chi connectivity index (χ1n) is 11.6. The lowest BCUT2D eigenvalue weighted by Crippen LogP contribution is -2.20. The fourth-order valence-electron chi connectivity index (χ4n) is 3.54. The minimum absolute atomic E-state index is 0.0509. The maximum absolute atomic E-state index is 12.6. The summed E-state index contributed by atoms with van der Waals surface area (Å²) in [5.74, 6) is -1.16. The Bertz CT molecular complexity index is 1260. The fourth-order valence-corrected chi connectivity index (χ4v) is 3.54. The van der Waals surface area contributed by atoms with Crippen molar-refractivity contribution in [2.24, 2.45) is 0 Å². The first kappa shape index (κ1) is 26.7. The number of urea groups is 1. The normalized spacial score (nSPS) is 10.2. The molecule has 0 saturated heterocycles. The lowest BCUT2D eigenvalue weighted by molar-refractivity contribution is -0.136. The van der Waals surface area contributed by atoms with Crippen LogP contribution in [0.1, 0.15) is 23.1 Å². The van der Waals surface area contributed by atoms with Crippen molar-refractivity contribution in [1.82, 2.24) is 5.32 Å². The molecule has 3 rings (SSSR count). The quantitative estimate of drug-likeness (QED) is 0.206. The minimum Gasteiger partial charge on any atom is -0.481 e. The summed E-state index contributed by atoms with van der Waals surface area (Å²) >= 11 is 0. The highest BCUT2D eigenvalue weighted by atomic mass is 16.4. The molecule has 3 aromatic carbocycles. The number of para-hydroxylation sites is 1. The van der Waals surface area contributed by atoms with Crippen LogP contribution in [0.25, 0.3) is 0 Å². The van der Waals surface area contributed by atoms with Crippen LogP contribution in [-0.4, -0.2) is 36.0 Å². The SMILES string of the molecule is Cc1ccccc1NC(=O)Nc1ccc(CC(=O)Nc2ccc(NCCC(=O)O)c(CNC=O)c2)cc1. The number of benzene rings is 3. The Morgan fingerprint density at radius 1 is 0.865 bits per heavy atom. The molecular weight excluding hydrogens is 474 g/mol. The number of hydrogen-bond donors (Lipinski definition) is 6. The van der Waals surface area contributed by atoms with Gasteiger partial charge in [0, 0.05) is 35.8 Å². The molecule has 0 aliphatic heterocycles. The Morgan fingerprint density at radius 2 is 1.59 bits per heavy atom. The van der Waals surface area contributed by atoms with Gasteiger partial charge in [-0.05, 0) is 60.0 Å². The van der Waals surface area contributed by atoms with Crippen LogP contribution in [0, 0.1) is 6.92 Å². The fraction of sp³-hybridized carbons (Fsp3) is 0.185. The highest BCUT2D eigenvalue weighted by Crippen LogP contribution is 2.21. The van der Waals surface area contributed by atoms with E-state index in [0.29, 0.717) is 29.0 Å². The van der Waals surface area contributed by atoms with Crippen molar-refractivity contribution < 1.29 is 24.3 Å². The number of carboxylic acid groups (broad SMARTS) is 1. The number of rotatable bonds is 12. The molecule has 10 nitrogen and oxygen atoms in total. The number of carboxylic acids is 1. The van der Waals surface area contributed by atoms with Crippen LogP contribution in [0.3, 0.4) is 0 Å². The highest BCUT2D eigenvalue weighted by Gasteiger charge is 2.10. The zero-order valence-electron chi connectivity index (χ0n) is 20.3. The van der Waals surface area contributed by atoms with Gasteiger partial charge < -0.3 is 31.7 Å². The van der Waals surface area contributed by atoms with E-state index in [1.54, 1.807) is 42.5 Å². The molecule has 4 amide bonds. The molecule has 0 saturated carbocycles. The molecule has 0 heterocycles. The Labute approximate surface area is 214 Å². The predicted molar refractivity (Wildman–Crippen MR) is 143 cm³/mol. The third kappa shape index (κ3) is 8.70. The van der Waals surface area contributed by atoms with E-state index < -0.39 is 5.97 Å². The maximum atomic E-state index is 12.6. The van der Waals surface area contributed by atoms with Crippen LogP contribution in [0.2, 0.25) is 0 Å². The zero-order valence-corrected chi connectivity index (χ0v) is 20.3. The van der Waals surface area contributed by atoms with Crippen molar-refractivity contribution in [3.63, 3.8) is 0 Å². The number of hydrogen-bond acceptors (Lipinski definition) is 5. The molecule has 10 heteroatoms. The van der Waals surface area contributed by atoms with E-state index in [1.807, 2.05) is 31.2 Å². The van der Waals surface area contributed by atoms with Crippen LogP contribution in [0.15, 0.2) is 66.7 Å². The zero-order chi connectivity index (χ0) is 26.6. The van der Waals surface area contributed by atoms with Gasteiger partial charge in [-0.15, -0.1) is 0 Å². The molecule has 0 spiro atoms. The van der Waals surface area contributed by atoms with Crippen molar-refractivity contribution >= 4 is 47.1 Å². The van der Waals surface area contributed by atoms with E-state index >= 15 is 0 Å². The number of carbonyl (C=O) groups excluding carboxylic acids is 3. The molecule has 37 heavy (non-hydrogen) atoms. The second kappa shape index (κ2) is 13.3. The molecule has 0 aromatic heterocycles. The lowest BCUT2D eigenvalue weighted by Gasteiger charge is -2.14. The molecule has 0 fully saturated rings. The standard InChI is InChI=1S/C27H29N5O5/c1-18-4-2-3-5-23(18)32-27(37)31-21-8-6-19(7-9-21)14-25(34)30-22-10-11-24(29-13-12-26(35)36)20(15-22)16-28-17-33/h2-11,15,17,29H,12-14,16H2,1H3,(H,28,33)(H,30,34)(H,35,36)(H2,31,32,37). The van der Waals surface area contributed by atoms with Crippen LogP contribution in [-0.2, 0) is 27.3 Å². The summed E-state index contributed by atoms with van der Waals surface area (Å²) in [6.07, 6.45) is 0.637. The van der Waals surface area contributed by atoms with E-state index in [2.05, 4.69) is 26.6 Å². The average molecular weight is 504 g/mol. The molecular formula is C27H29N5O5. The largest absolute Gasteiger partial charge is 0.481 e. The van der Waals surface area contributed by atoms with Gasteiger partial charge in [-0.2, -0.15) is 0 Å². The third-order valence-electron chi connectivity index (χ3n) is 5.39. The van der Waals surface area contributed by atoms with E-state index in [4.69, 9.17) is 5.11 Å². The lowest BCUT2D eigenvalue weighted by atomic mass is 10.1. The number of nitrogens with one attached hydrogen (secondary N) is 5. The molecule has 192 valence electrons. The summed E-state index contributed by atoms with van der Waals surface area (Å²) in [4.78, 5) is 46.3. The van der Waals surface area contributed by atoms with E-state index in [1.165, 1.54) is 0 Å². The molecule has 0 radical (unpaired) electrons. The first-order valence-corrected chi connectivity index (χ1v) is 11.6. The summed E-state index contributed by atoms with van der Waals surface area (Å²) in [5.41, 5.74) is 4.95. The van der Waals surface area contributed by atoms with E-state index in [-0.39, 0.29) is 37.9 Å². The summed E-state index contributed by atoms with van der Waals surface area (Å²) in [7, 11) is 0. The molecule has 0 aliphatic carbocycles. The predicted octanol–water partition coefficient (Wildman–Crippen LogP) is 3.95. The minimum atomic E-state index is -0.918. The van der Waals surface area contributed by atoms with Crippen molar-refractivity contribution in [1.29, 1.82) is 0 Å². The van der Waals surface area contributed by atoms with Gasteiger partial charge in [-0.1, -0.05) is 30.3 Å². The van der Waals surface area contributed by atoms with Gasteiger partial charge in [0.05, 0.1) is 12.8 Å². The molecule has 0 unspecified atom stereocenters. The Kier molecular flexibility index (Phi) is 9.60. The number of carbonyl (C=O) groups is 4. The van der Waals surface area contributed by atoms with E-state index in [0.717, 1.165) is 16.8 Å². The first-order chi connectivity index (χ1) is 17.8. The van der Waals surface area contributed by atoms with Crippen molar-refractivity contribution in [3.8, 4) is 0 Å². The molecule has 0 aliphatic rings. The van der Waals surface area contributed by atoms with Gasteiger partial charge in [0.1, 0.15) is 0 Å². The number of anilines is 4. The molecule has 0 bridgehead atoms. The van der Waals surface area contributed by atoms with Gasteiger partial charge in [-0.3, -0.25) is 14.4 Å². The summed E-state index contributed by atoms with van der Waals surface area (Å²) in [6.45, 7) is 2.36. The van der Waals surface area contributed by atoms with Crippen LogP contribution in [0.4, 0.5) is 27.5 Å². The number of aryl methyl sites for hydroxylation is 1. The Morgan fingerprint density at radius 3 is 2.30 bits per heavy atom. The topological polar surface area (TPSA) is 149 Å². The third-order valence-corrected chi connectivity index (χ3v) is 5.39. The van der Waals surface area contributed by atoms with Gasteiger partial charge in [0.25, 0.3) is 0 Å². The van der Waals surface area contributed by atoms with Crippen LogP contribution < -0.4 is 26.6 Å². The monoisotopic (exact) mass is 503 g/mol. The second-order valence-electron chi connectivity index (χ2n) is 8.26. The van der Waals surface area contributed by atoms with Crippen molar-refractivity contribution in [3.05, 3.63) is 83.4 Å². The smallest absolute Gasteiger partial charge is 0.323 e. The molecule has 3 aromatic rings. The maximum Gasteiger partial charge on any atom is 0.323 e. The highest BCUT2D eigenvalue weighted by molar-refractivity contribution is 6.00. The molecule has 0 atom stereocenters. The Hall–Kier alpha value is -4.86. The number of aliphatic carboxylic acids is 1.